The molecule has 82 valence electrons. The van der Waals surface area contributed by atoms with Gasteiger partial charge in [-0.3, -0.25) is 0 Å². The highest BCUT2D eigenvalue weighted by Gasteiger charge is 2.50. The van der Waals surface area contributed by atoms with E-state index in [2.05, 4.69) is 15.4 Å². The SMILES string of the molecule is Cn1nnc(CC2(N)CC3CCC2O3)n1. The highest BCUT2D eigenvalue weighted by atomic mass is 16.5. The molecule has 0 aromatic carbocycles. The van der Waals surface area contributed by atoms with E-state index in [9.17, 15) is 0 Å². The molecule has 0 radical (unpaired) electrons. The Hall–Kier alpha value is -1.01. The summed E-state index contributed by atoms with van der Waals surface area (Å²) in [6.07, 6.45) is 4.36. The molecule has 1 aromatic rings. The second-order valence-electron chi connectivity index (χ2n) is 4.63. The van der Waals surface area contributed by atoms with Crippen molar-refractivity contribution in [1.82, 2.24) is 20.2 Å². The Morgan fingerprint density at radius 2 is 2.47 bits per heavy atom. The fourth-order valence-corrected chi connectivity index (χ4v) is 2.71. The zero-order valence-electron chi connectivity index (χ0n) is 8.76. The highest BCUT2D eigenvalue weighted by molar-refractivity contribution is 5.08. The maximum atomic E-state index is 6.34. The quantitative estimate of drug-likeness (QED) is 0.703. The number of rotatable bonds is 2. The second kappa shape index (κ2) is 2.99. The largest absolute Gasteiger partial charge is 0.373 e. The van der Waals surface area contributed by atoms with Gasteiger partial charge in [-0.1, -0.05) is 0 Å². The number of hydrogen-bond donors (Lipinski definition) is 1. The molecule has 2 aliphatic heterocycles. The van der Waals surface area contributed by atoms with Crippen LogP contribution < -0.4 is 5.73 Å². The van der Waals surface area contributed by atoms with E-state index in [-0.39, 0.29) is 11.6 Å². The number of aryl methyl sites for hydroxylation is 1. The fraction of sp³-hybridized carbons (Fsp3) is 0.889. The summed E-state index contributed by atoms with van der Waals surface area (Å²) in [7, 11) is 1.76. The molecule has 0 spiro atoms. The summed E-state index contributed by atoms with van der Waals surface area (Å²) in [6, 6.07) is 0. The van der Waals surface area contributed by atoms with Crippen LogP contribution >= 0.6 is 0 Å². The van der Waals surface area contributed by atoms with Gasteiger partial charge in [-0.05, 0) is 24.5 Å². The lowest BCUT2D eigenvalue weighted by Gasteiger charge is -2.29. The molecule has 6 heteroatoms. The van der Waals surface area contributed by atoms with Crippen molar-refractivity contribution in [3.8, 4) is 0 Å². The topological polar surface area (TPSA) is 78.9 Å². The molecule has 3 heterocycles. The third kappa shape index (κ3) is 1.44. The van der Waals surface area contributed by atoms with Crippen LogP contribution in [0.1, 0.15) is 25.1 Å². The summed E-state index contributed by atoms with van der Waals surface area (Å²) < 4.78 is 5.76. The van der Waals surface area contributed by atoms with Crippen LogP contribution in [-0.4, -0.2) is 38.0 Å². The minimum absolute atomic E-state index is 0.186. The van der Waals surface area contributed by atoms with Gasteiger partial charge < -0.3 is 10.5 Å². The Balaban J connectivity index is 1.77. The van der Waals surface area contributed by atoms with E-state index in [4.69, 9.17) is 10.5 Å². The Kier molecular flexibility index (Phi) is 1.84. The van der Waals surface area contributed by atoms with Crippen LogP contribution in [0.15, 0.2) is 0 Å². The van der Waals surface area contributed by atoms with Crippen LogP contribution in [0.4, 0.5) is 0 Å². The Morgan fingerprint density at radius 3 is 3.00 bits per heavy atom. The van der Waals surface area contributed by atoms with Crippen molar-refractivity contribution >= 4 is 0 Å². The van der Waals surface area contributed by atoms with Gasteiger partial charge in [0.15, 0.2) is 5.82 Å². The second-order valence-corrected chi connectivity index (χ2v) is 4.63. The normalized spacial score (nSPS) is 38.8. The van der Waals surface area contributed by atoms with Gasteiger partial charge in [0.25, 0.3) is 0 Å². The van der Waals surface area contributed by atoms with Crippen molar-refractivity contribution in [3.05, 3.63) is 5.82 Å². The molecule has 3 atom stereocenters. The molecule has 2 fully saturated rings. The van der Waals surface area contributed by atoms with E-state index in [1.54, 1.807) is 7.05 Å². The smallest absolute Gasteiger partial charge is 0.176 e. The first-order valence-electron chi connectivity index (χ1n) is 5.33. The first-order valence-corrected chi connectivity index (χ1v) is 5.33. The summed E-state index contributed by atoms with van der Waals surface area (Å²) in [5.74, 6) is 0.719. The minimum atomic E-state index is -0.272. The summed E-state index contributed by atoms with van der Waals surface area (Å²) in [5, 5.41) is 11.9. The maximum absolute atomic E-state index is 6.34. The molecular formula is C9H15N5O. The summed E-state index contributed by atoms with van der Waals surface area (Å²) in [4.78, 5) is 1.47. The Morgan fingerprint density at radius 1 is 1.60 bits per heavy atom. The predicted octanol–water partition coefficient (Wildman–Crippen LogP) is -0.599. The number of nitrogens with two attached hydrogens (primary N) is 1. The minimum Gasteiger partial charge on any atom is -0.373 e. The first kappa shape index (κ1) is 9.23. The van der Waals surface area contributed by atoms with Gasteiger partial charge in [-0.25, -0.2) is 0 Å². The van der Waals surface area contributed by atoms with Crippen molar-refractivity contribution in [2.24, 2.45) is 12.8 Å². The molecule has 1 aromatic heterocycles. The molecule has 3 unspecified atom stereocenters. The lowest BCUT2D eigenvalue weighted by molar-refractivity contribution is 0.0852. The third-order valence-corrected chi connectivity index (χ3v) is 3.39. The lowest BCUT2D eigenvalue weighted by atomic mass is 9.80. The van der Waals surface area contributed by atoms with E-state index in [1.165, 1.54) is 4.80 Å². The average Bonchev–Trinajstić information content (AvgIpc) is 2.81. The van der Waals surface area contributed by atoms with Crippen molar-refractivity contribution in [1.29, 1.82) is 0 Å². The summed E-state index contributed by atoms with van der Waals surface area (Å²) in [5.41, 5.74) is 6.07. The number of nitrogens with zero attached hydrogens (tertiary/aromatic N) is 4. The van der Waals surface area contributed by atoms with Gasteiger partial charge >= 0.3 is 0 Å². The molecule has 3 rings (SSSR count). The van der Waals surface area contributed by atoms with Crippen LogP contribution in [0.3, 0.4) is 0 Å². The van der Waals surface area contributed by atoms with Gasteiger partial charge in [0.2, 0.25) is 0 Å². The van der Waals surface area contributed by atoms with Gasteiger partial charge in [0, 0.05) is 6.42 Å². The fourth-order valence-electron chi connectivity index (χ4n) is 2.71. The van der Waals surface area contributed by atoms with Crippen molar-refractivity contribution in [2.45, 2.75) is 43.4 Å². The zero-order chi connectivity index (χ0) is 10.5. The van der Waals surface area contributed by atoms with E-state index < -0.39 is 0 Å². The number of aromatic nitrogens is 4. The van der Waals surface area contributed by atoms with Crippen LogP contribution in [0.2, 0.25) is 0 Å². The molecule has 2 N–H and O–H groups in total. The van der Waals surface area contributed by atoms with Gasteiger partial charge in [0.1, 0.15) is 0 Å². The number of ether oxygens (including phenoxy) is 1. The van der Waals surface area contributed by atoms with Crippen LogP contribution in [0.25, 0.3) is 0 Å². The molecular weight excluding hydrogens is 194 g/mol. The highest BCUT2D eigenvalue weighted by Crippen LogP contribution is 2.41. The first-order chi connectivity index (χ1) is 7.16. The van der Waals surface area contributed by atoms with Gasteiger partial charge in [-0.15, -0.1) is 10.2 Å². The Bertz CT molecular complexity index is 378. The molecule has 0 amide bonds. The molecule has 2 aliphatic rings. The van der Waals surface area contributed by atoms with Crippen LogP contribution in [0.5, 0.6) is 0 Å². The standard InChI is InChI=1S/C9H15N5O/c1-14-12-8(11-13-14)5-9(10)4-6-2-3-7(9)15-6/h6-7H,2-5,10H2,1H3. The number of tetrazole rings is 1. The van der Waals surface area contributed by atoms with Crippen LogP contribution in [-0.2, 0) is 18.2 Å². The van der Waals surface area contributed by atoms with Crippen molar-refractivity contribution < 1.29 is 4.74 Å². The van der Waals surface area contributed by atoms with Crippen molar-refractivity contribution in [2.75, 3.05) is 0 Å². The van der Waals surface area contributed by atoms with Gasteiger partial charge in [-0.2, -0.15) is 4.80 Å². The molecule has 6 nitrogen and oxygen atoms in total. The Labute approximate surface area is 87.8 Å². The van der Waals surface area contributed by atoms with Gasteiger partial charge in [0.05, 0.1) is 24.8 Å². The third-order valence-electron chi connectivity index (χ3n) is 3.39. The van der Waals surface area contributed by atoms with Crippen molar-refractivity contribution in [3.63, 3.8) is 0 Å². The molecule has 2 bridgehead atoms. The van der Waals surface area contributed by atoms with E-state index >= 15 is 0 Å². The van der Waals surface area contributed by atoms with Crippen LogP contribution in [0, 0.1) is 0 Å². The molecule has 2 saturated heterocycles. The molecule has 0 aliphatic carbocycles. The summed E-state index contributed by atoms with van der Waals surface area (Å²) >= 11 is 0. The van der Waals surface area contributed by atoms with E-state index in [0.29, 0.717) is 12.5 Å². The predicted molar refractivity (Wildman–Crippen MR) is 51.9 cm³/mol. The maximum Gasteiger partial charge on any atom is 0.176 e. The average molecular weight is 209 g/mol. The molecule has 0 saturated carbocycles. The zero-order valence-corrected chi connectivity index (χ0v) is 8.76. The number of hydrogen-bond acceptors (Lipinski definition) is 5. The lowest BCUT2D eigenvalue weighted by Crippen LogP contribution is -2.50. The molecule has 15 heavy (non-hydrogen) atoms. The van der Waals surface area contributed by atoms with E-state index in [1.807, 2.05) is 0 Å². The summed E-state index contributed by atoms with van der Waals surface area (Å²) in [6.45, 7) is 0. The monoisotopic (exact) mass is 209 g/mol. The van der Waals surface area contributed by atoms with E-state index in [0.717, 1.165) is 25.1 Å². The number of fused-ring (bicyclic) bond motifs is 2.